The van der Waals surface area contributed by atoms with Crippen LogP contribution in [0.5, 0.6) is 0 Å². The molecule has 3 rings (SSSR count). The molecule has 1 aliphatic carbocycles. The Morgan fingerprint density at radius 3 is 2.87 bits per heavy atom. The fraction of sp³-hybridized carbons (Fsp3) is 0.636. The maximum atomic E-state index is 11.7. The second-order valence-electron chi connectivity index (χ2n) is 4.93. The predicted octanol–water partition coefficient (Wildman–Crippen LogP) is 1.24. The van der Waals surface area contributed by atoms with E-state index in [1.54, 1.807) is 0 Å². The van der Waals surface area contributed by atoms with E-state index in [0.29, 0.717) is 5.92 Å². The second-order valence-corrected chi connectivity index (χ2v) is 4.93. The predicted molar refractivity (Wildman–Crippen MR) is 55.9 cm³/mol. The lowest BCUT2D eigenvalue weighted by atomic mass is 10.1. The molecule has 80 valence electrons. The first-order valence-corrected chi connectivity index (χ1v) is 5.51. The Hall–Kier alpha value is -1.32. The molecular formula is C11H15N3O. The highest BCUT2D eigenvalue weighted by Crippen LogP contribution is 2.45. The summed E-state index contributed by atoms with van der Waals surface area (Å²) in [5.41, 5.74) is 1.88. The van der Waals surface area contributed by atoms with Gasteiger partial charge in [-0.15, -0.1) is 0 Å². The van der Waals surface area contributed by atoms with Gasteiger partial charge >= 0.3 is 0 Å². The topological polar surface area (TPSA) is 46.9 Å². The van der Waals surface area contributed by atoms with Crippen LogP contribution in [0.3, 0.4) is 0 Å². The molecule has 1 aromatic rings. The van der Waals surface area contributed by atoms with E-state index in [-0.39, 0.29) is 11.4 Å². The van der Waals surface area contributed by atoms with E-state index < -0.39 is 0 Å². The van der Waals surface area contributed by atoms with E-state index in [9.17, 15) is 4.79 Å². The van der Waals surface area contributed by atoms with E-state index in [1.165, 1.54) is 0 Å². The molecule has 0 saturated heterocycles. The van der Waals surface area contributed by atoms with Crippen LogP contribution in [0.4, 0.5) is 0 Å². The average Bonchev–Trinajstić information content (AvgIpc) is 2.80. The van der Waals surface area contributed by atoms with Crippen molar-refractivity contribution in [2.75, 3.05) is 6.54 Å². The van der Waals surface area contributed by atoms with Gasteiger partial charge in [0, 0.05) is 6.54 Å². The van der Waals surface area contributed by atoms with E-state index in [2.05, 4.69) is 24.3 Å². The highest BCUT2D eigenvalue weighted by Gasteiger charge is 2.50. The van der Waals surface area contributed by atoms with Gasteiger partial charge in [-0.2, -0.15) is 5.10 Å². The number of fused-ring (bicyclic) bond motifs is 2. The number of aromatic nitrogens is 2. The second kappa shape index (κ2) is 2.62. The summed E-state index contributed by atoms with van der Waals surface area (Å²) < 4.78 is 1.96. The van der Waals surface area contributed by atoms with Crippen LogP contribution in [0.25, 0.3) is 0 Å². The van der Waals surface area contributed by atoms with Crippen LogP contribution in [0.1, 0.15) is 48.8 Å². The molecular weight excluding hydrogens is 190 g/mol. The average molecular weight is 205 g/mol. The lowest BCUT2D eigenvalue weighted by Gasteiger charge is -2.24. The van der Waals surface area contributed by atoms with Crippen molar-refractivity contribution in [1.82, 2.24) is 15.1 Å². The first-order chi connectivity index (χ1) is 7.12. The lowest BCUT2D eigenvalue weighted by molar-refractivity contribution is 0.0902. The molecule has 2 aliphatic rings. The zero-order valence-corrected chi connectivity index (χ0v) is 9.08. The molecule has 15 heavy (non-hydrogen) atoms. The largest absolute Gasteiger partial charge is 0.348 e. The van der Waals surface area contributed by atoms with E-state index in [1.807, 2.05) is 10.7 Å². The van der Waals surface area contributed by atoms with Crippen molar-refractivity contribution in [2.45, 2.75) is 38.1 Å². The van der Waals surface area contributed by atoms with Gasteiger partial charge < -0.3 is 5.32 Å². The van der Waals surface area contributed by atoms with E-state index in [4.69, 9.17) is 0 Å². The summed E-state index contributed by atoms with van der Waals surface area (Å²) >= 11 is 0. The molecule has 0 unspecified atom stereocenters. The Bertz CT molecular complexity index is 429. The van der Waals surface area contributed by atoms with E-state index in [0.717, 1.165) is 30.8 Å². The molecule has 4 nitrogen and oxygen atoms in total. The molecule has 0 aromatic carbocycles. The summed E-state index contributed by atoms with van der Waals surface area (Å²) in [6.45, 7) is 4.95. The Morgan fingerprint density at radius 1 is 1.53 bits per heavy atom. The lowest BCUT2D eigenvalue weighted by Crippen LogP contribution is -2.44. The third-order valence-electron chi connectivity index (χ3n) is 3.41. The summed E-state index contributed by atoms with van der Waals surface area (Å²) in [5, 5.41) is 7.52. The third kappa shape index (κ3) is 1.14. The molecule has 2 heterocycles. The van der Waals surface area contributed by atoms with Gasteiger partial charge in [-0.25, -0.2) is 0 Å². The quantitative estimate of drug-likeness (QED) is 0.749. The minimum Gasteiger partial charge on any atom is -0.348 e. The minimum atomic E-state index is 0.0203. The Morgan fingerprint density at radius 2 is 2.27 bits per heavy atom. The van der Waals surface area contributed by atoms with Crippen LogP contribution >= 0.6 is 0 Å². The van der Waals surface area contributed by atoms with Gasteiger partial charge in [0.25, 0.3) is 5.91 Å². The first-order valence-electron chi connectivity index (χ1n) is 5.51. The maximum Gasteiger partial charge on any atom is 0.269 e. The molecule has 1 saturated carbocycles. The molecule has 0 bridgehead atoms. The van der Waals surface area contributed by atoms with Crippen LogP contribution in [-0.4, -0.2) is 22.2 Å². The van der Waals surface area contributed by atoms with Gasteiger partial charge in [-0.1, -0.05) is 13.8 Å². The third-order valence-corrected chi connectivity index (χ3v) is 3.41. The highest BCUT2D eigenvalue weighted by molar-refractivity contribution is 5.93. The van der Waals surface area contributed by atoms with Crippen LogP contribution in [-0.2, 0) is 5.54 Å². The van der Waals surface area contributed by atoms with Gasteiger partial charge in [0.05, 0.1) is 11.2 Å². The number of rotatable bonds is 1. The highest BCUT2D eigenvalue weighted by atomic mass is 16.2. The monoisotopic (exact) mass is 205 g/mol. The molecule has 0 radical (unpaired) electrons. The van der Waals surface area contributed by atoms with Crippen LogP contribution < -0.4 is 5.32 Å². The summed E-state index contributed by atoms with van der Waals surface area (Å²) in [6.07, 6.45) is 2.28. The van der Waals surface area contributed by atoms with Crippen molar-refractivity contribution >= 4 is 5.91 Å². The molecule has 1 spiro atoms. The van der Waals surface area contributed by atoms with Crippen molar-refractivity contribution in [3.63, 3.8) is 0 Å². The smallest absolute Gasteiger partial charge is 0.269 e. The molecule has 1 aromatic heterocycles. The molecule has 0 atom stereocenters. The van der Waals surface area contributed by atoms with Crippen molar-refractivity contribution in [1.29, 1.82) is 0 Å². The number of amides is 1. The van der Waals surface area contributed by atoms with Crippen molar-refractivity contribution < 1.29 is 4.79 Å². The molecule has 1 fully saturated rings. The van der Waals surface area contributed by atoms with Gasteiger partial charge in [0.2, 0.25) is 0 Å². The fourth-order valence-corrected chi connectivity index (χ4v) is 2.15. The SMILES string of the molecule is CC(C)c1cc2n(n1)C1(CC1)CNC2=O. The minimum absolute atomic E-state index is 0.0203. The Labute approximate surface area is 88.7 Å². The summed E-state index contributed by atoms with van der Waals surface area (Å²) in [7, 11) is 0. The molecule has 1 amide bonds. The number of carbonyl (C=O) groups excluding carboxylic acids is 1. The Kier molecular flexibility index (Phi) is 1.56. The van der Waals surface area contributed by atoms with Gasteiger partial charge in [-0.05, 0) is 24.8 Å². The summed E-state index contributed by atoms with van der Waals surface area (Å²) in [5.74, 6) is 0.402. The zero-order valence-electron chi connectivity index (χ0n) is 9.08. The molecule has 4 heteroatoms. The van der Waals surface area contributed by atoms with Gasteiger partial charge in [0.1, 0.15) is 5.69 Å². The normalized spacial score (nSPS) is 21.7. The van der Waals surface area contributed by atoms with Crippen molar-refractivity contribution in [3.05, 3.63) is 17.5 Å². The maximum absolute atomic E-state index is 11.7. The number of hydrogen-bond donors (Lipinski definition) is 1. The fourth-order valence-electron chi connectivity index (χ4n) is 2.15. The standard InChI is InChI=1S/C11H15N3O/c1-7(2)8-5-9-10(15)12-6-11(3-4-11)14(9)13-8/h5,7H,3-4,6H2,1-2H3,(H,12,15). The zero-order chi connectivity index (χ0) is 10.6. The number of nitrogens with zero attached hydrogens (tertiary/aromatic N) is 2. The number of nitrogens with one attached hydrogen (secondary N) is 1. The summed E-state index contributed by atoms with van der Waals surface area (Å²) in [6, 6.07) is 1.93. The van der Waals surface area contributed by atoms with Crippen molar-refractivity contribution in [2.24, 2.45) is 0 Å². The van der Waals surface area contributed by atoms with Crippen LogP contribution in [0, 0.1) is 0 Å². The number of carbonyl (C=O) groups is 1. The van der Waals surface area contributed by atoms with Gasteiger partial charge in [0.15, 0.2) is 0 Å². The van der Waals surface area contributed by atoms with Gasteiger partial charge in [-0.3, -0.25) is 9.48 Å². The summed E-state index contributed by atoms with van der Waals surface area (Å²) in [4.78, 5) is 11.7. The first kappa shape index (κ1) is 8.95. The van der Waals surface area contributed by atoms with Crippen LogP contribution in [0.2, 0.25) is 0 Å². The molecule has 1 N–H and O–H groups in total. The van der Waals surface area contributed by atoms with Crippen LogP contribution in [0.15, 0.2) is 6.07 Å². The Balaban J connectivity index is 2.12. The number of hydrogen-bond acceptors (Lipinski definition) is 2. The van der Waals surface area contributed by atoms with Crippen molar-refractivity contribution in [3.8, 4) is 0 Å². The molecule has 1 aliphatic heterocycles. The van der Waals surface area contributed by atoms with E-state index >= 15 is 0 Å².